The normalized spacial score (nSPS) is 34.1. The van der Waals surface area contributed by atoms with Crippen molar-refractivity contribution in [2.75, 3.05) is 5.32 Å². The van der Waals surface area contributed by atoms with E-state index in [9.17, 15) is 19.5 Å². The number of aliphatic hydroxyl groups excluding tert-OH is 1. The lowest BCUT2D eigenvalue weighted by Crippen LogP contribution is -3.00. The number of aryl methyl sites for hydroxylation is 1. The number of fused-ring (bicyclic) bond motifs is 4. The molecule has 1 spiro atoms. The minimum atomic E-state index is -1.20. The van der Waals surface area contributed by atoms with Crippen molar-refractivity contribution in [3.8, 4) is 0 Å². The Kier molecular flexibility index (Phi) is 4.94. The van der Waals surface area contributed by atoms with Gasteiger partial charge in [0.2, 0.25) is 17.4 Å². The molecule has 0 unspecified atom stereocenters. The molecular formula is C24H32N3O4+. The van der Waals surface area contributed by atoms with E-state index < -0.39 is 29.5 Å². The quantitative estimate of drug-likeness (QED) is 0.496. The van der Waals surface area contributed by atoms with Gasteiger partial charge in [0.1, 0.15) is 24.0 Å². The topological polar surface area (TPSA) is 103 Å². The number of nitrogens with one attached hydrogen (secondary N) is 1. The van der Waals surface area contributed by atoms with Gasteiger partial charge in [-0.05, 0) is 43.9 Å². The van der Waals surface area contributed by atoms with Gasteiger partial charge in [0.25, 0.3) is 5.91 Å². The molecule has 3 heterocycles. The van der Waals surface area contributed by atoms with Crippen molar-refractivity contribution in [2.45, 2.75) is 82.5 Å². The van der Waals surface area contributed by atoms with Gasteiger partial charge in [-0.25, -0.2) is 0 Å². The van der Waals surface area contributed by atoms with E-state index in [1.54, 1.807) is 6.92 Å². The summed E-state index contributed by atoms with van der Waals surface area (Å²) in [5, 5.41) is 15.4. The molecule has 166 valence electrons. The number of carbonyl (C=O) groups is 3. The molecule has 2 saturated heterocycles. The van der Waals surface area contributed by atoms with Crippen LogP contribution in [0.1, 0.15) is 63.5 Å². The first-order valence-electron chi connectivity index (χ1n) is 11.8. The number of quaternary nitrogens is 1. The Morgan fingerprint density at radius 2 is 1.87 bits per heavy atom. The Morgan fingerprint density at radius 1 is 1.16 bits per heavy atom. The van der Waals surface area contributed by atoms with Gasteiger partial charge in [0.05, 0.1) is 5.69 Å². The molecule has 3 fully saturated rings. The maximum Gasteiger partial charge on any atom is 0.291 e. The van der Waals surface area contributed by atoms with Crippen molar-refractivity contribution in [3.05, 3.63) is 29.3 Å². The average Bonchev–Trinajstić information content (AvgIpc) is 3.23. The van der Waals surface area contributed by atoms with E-state index in [0.29, 0.717) is 5.69 Å². The minimum absolute atomic E-state index is 0.0919. The van der Waals surface area contributed by atoms with Crippen molar-refractivity contribution in [1.29, 1.82) is 0 Å². The fourth-order valence-electron chi connectivity index (χ4n) is 6.49. The molecule has 5 rings (SSSR count). The summed E-state index contributed by atoms with van der Waals surface area (Å²) in [5.74, 6) is -2.15. The molecule has 3 aliphatic heterocycles. The number of hydrogen-bond acceptors (Lipinski definition) is 4. The number of aliphatic hydroxyl groups is 1. The lowest BCUT2D eigenvalue weighted by Gasteiger charge is -2.30. The summed E-state index contributed by atoms with van der Waals surface area (Å²) < 4.78 is 0. The molecule has 31 heavy (non-hydrogen) atoms. The number of nitrogens with zero attached hydrogens (tertiary/aromatic N) is 1. The van der Waals surface area contributed by atoms with E-state index in [0.717, 1.165) is 56.1 Å². The number of anilines is 1. The third kappa shape index (κ3) is 2.82. The third-order valence-electron chi connectivity index (χ3n) is 8.05. The number of imide groups is 1. The lowest BCUT2D eigenvalue weighted by atomic mass is 9.76. The molecule has 7 nitrogen and oxygen atoms in total. The Labute approximate surface area is 182 Å². The van der Waals surface area contributed by atoms with Crippen molar-refractivity contribution >= 4 is 23.4 Å². The Hall–Kier alpha value is -2.25. The largest absolute Gasteiger partial charge is 0.387 e. The average molecular weight is 427 g/mol. The van der Waals surface area contributed by atoms with Crippen LogP contribution >= 0.6 is 0 Å². The van der Waals surface area contributed by atoms with Gasteiger partial charge in [0.15, 0.2) is 0 Å². The summed E-state index contributed by atoms with van der Waals surface area (Å²) in [6.07, 6.45) is 5.93. The highest BCUT2D eigenvalue weighted by Crippen LogP contribution is 2.50. The minimum Gasteiger partial charge on any atom is -0.387 e. The van der Waals surface area contributed by atoms with Crippen LogP contribution in [-0.2, 0) is 26.3 Å². The molecule has 3 amide bonds. The second-order valence-electron chi connectivity index (χ2n) is 9.74. The van der Waals surface area contributed by atoms with E-state index in [1.807, 2.05) is 23.5 Å². The molecule has 1 aromatic rings. The molecule has 5 atom stereocenters. The predicted molar refractivity (Wildman–Crippen MR) is 114 cm³/mol. The van der Waals surface area contributed by atoms with Crippen LogP contribution in [0.25, 0.3) is 0 Å². The molecule has 0 bridgehead atoms. The lowest BCUT2D eigenvalue weighted by molar-refractivity contribution is -0.738. The summed E-state index contributed by atoms with van der Waals surface area (Å²) in [7, 11) is 0. The van der Waals surface area contributed by atoms with Crippen LogP contribution in [-0.4, -0.2) is 45.9 Å². The number of likely N-dealkylation sites (tertiary alicyclic amines) is 1. The predicted octanol–water partition coefficient (Wildman–Crippen LogP) is 1.05. The van der Waals surface area contributed by atoms with Gasteiger partial charge >= 0.3 is 0 Å². The summed E-state index contributed by atoms with van der Waals surface area (Å²) in [4.78, 5) is 42.5. The van der Waals surface area contributed by atoms with Crippen LogP contribution in [0.15, 0.2) is 18.2 Å². The van der Waals surface area contributed by atoms with Gasteiger partial charge in [-0.3, -0.25) is 19.3 Å². The van der Waals surface area contributed by atoms with Crippen molar-refractivity contribution in [3.63, 3.8) is 0 Å². The molecule has 1 saturated carbocycles. The number of hydrogen-bond donors (Lipinski definition) is 3. The Bertz CT molecular complexity index is 937. The number of rotatable bonds is 3. The van der Waals surface area contributed by atoms with Gasteiger partial charge in [0, 0.05) is 11.6 Å². The van der Waals surface area contributed by atoms with E-state index in [1.165, 1.54) is 4.90 Å². The fraction of sp³-hybridized carbons (Fsp3) is 0.625. The molecule has 0 radical (unpaired) electrons. The van der Waals surface area contributed by atoms with Gasteiger partial charge in [-0.15, -0.1) is 0 Å². The van der Waals surface area contributed by atoms with Crippen LogP contribution in [0.4, 0.5) is 5.69 Å². The first-order valence-corrected chi connectivity index (χ1v) is 11.8. The Morgan fingerprint density at radius 3 is 2.52 bits per heavy atom. The highest BCUT2D eigenvalue weighted by Gasteiger charge is 2.75. The first kappa shape index (κ1) is 20.6. The monoisotopic (exact) mass is 426 g/mol. The maximum atomic E-state index is 13.9. The fourth-order valence-corrected chi connectivity index (χ4v) is 6.49. The summed E-state index contributed by atoms with van der Waals surface area (Å²) in [5.41, 5.74) is 1.37. The van der Waals surface area contributed by atoms with Crippen molar-refractivity contribution in [2.24, 2.45) is 11.8 Å². The van der Waals surface area contributed by atoms with Crippen molar-refractivity contribution in [1.82, 2.24) is 4.90 Å². The number of amides is 3. The van der Waals surface area contributed by atoms with Crippen LogP contribution in [0, 0.1) is 11.8 Å². The SMILES string of the molecule is CCc1ccc2c(c1)[C@]1([NH2+][C@H]([C@@H](C)O)[C@H]3C(=O)N(C4CCCCCC4)C(=O)[C@H]31)C(=O)N2. The van der Waals surface area contributed by atoms with Gasteiger partial charge in [-0.2, -0.15) is 0 Å². The Balaban J connectivity index is 1.63. The molecule has 4 aliphatic rings. The molecule has 4 N–H and O–H groups in total. The second-order valence-corrected chi connectivity index (χ2v) is 9.74. The highest BCUT2D eigenvalue weighted by atomic mass is 16.3. The maximum absolute atomic E-state index is 13.9. The van der Waals surface area contributed by atoms with Crippen molar-refractivity contribution < 1.29 is 24.8 Å². The second kappa shape index (κ2) is 7.41. The number of benzene rings is 1. The van der Waals surface area contributed by atoms with E-state index >= 15 is 0 Å². The molecule has 7 heteroatoms. The smallest absolute Gasteiger partial charge is 0.291 e. The zero-order valence-electron chi connectivity index (χ0n) is 18.3. The van der Waals surface area contributed by atoms with Crippen LogP contribution in [0.5, 0.6) is 0 Å². The number of carbonyl (C=O) groups excluding carboxylic acids is 3. The molecule has 1 aliphatic carbocycles. The van der Waals surface area contributed by atoms with Gasteiger partial charge in [-0.1, -0.05) is 38.7 Å². The van der Waals surface area contributed by atoms with E-state index in [2.05, 4.69) is 12.2 Å². The van der Waals surface area contributed by atoms with Crippen LogP contribution in [0.2, 0.25) is 0 Å². The van der Waals surface area contributed by atoms with Crippen LogP contribution < -0.4 is 10.6 Å². The number of nitrogens with two attached hydrogens (primary N) is 1. The summed E-state index contributed by atoms with van der Waals surface area (Å²) >= 11 is 0. The standard InChI is InChI=1S/C24H31N3O4/c1-3-14-10-11-17-16(12-14)24(23(31)25-17)19-18(20(26-24)13(2)28)21(29)27(22(19)30)15-8-6-4-5-7-9-15/h10-13,15,18-20,26,28H,3-9H2,1-2H3,(H,25,31)/p+1/t13-,18+,19+,20-,24-/m1/s1. The first-order chi connectivity index (χ1) is 14.9. The third-order valence-corrected chi connectivity index (χ3v) is 8.05. The highest BCUT2D eigenvalue weighted by molar-refractivity contribution is 6.14. The van der Waals surface area contributed by atoms with E-state index in [4.69, 9.17) is 0 Å². The van der Waals surface area contributed by atoms with E-state index in [-0.39, 0.29) is 23.8 Å². The van der Waals surface area contributed by atoms with Gasteiger partial charge < -0.3 is 15.7 Å². The summed E-state index contributed by atoms with van der Waals surface area (Å²) in [6.45, 7) is 3.70. The molecular weight excluding hydrogens is 394 g/mol. The molecule has 0 aromatic heterocycles. The zero-order valence-corrected chi connectivity index (χ0v) is 18.3. The zero-order chi connectivity index (χ0) is 21.9. The summed E-state index contributed by atoms with van der Waals surface area (Å²) in [6, 6.07) is 5.25. The molecule has 1 aromatic carbocycles. The van der Waals surface area contributed by atoms with Crippen LogP contribution in [0.3, 0.4) is 0 Å².